The van der Waals surface area contributed by atoms with Crippen LogP contribution in [-0.2, 0) is 0 Å². The topological polar surface area (TPSA) is 63.9 Å². The molecule has 2 heterocycles. The van der Waals surface area contributed by atoms with Crippen molar-refractivity contribution in [2.75, 3.05) is 26.1 Å². The van der Waals surface area contributed by atoms with Crippen molar-refractivity contribution in [3.63, 3.8) is 0 Å². The first-order valence-electron chi connectivity index (χ1n) is 7.55. The van der Waals surface area contributed by atoms with Crippen molar-refractivity contribution in [2.24, 2.45) is 0 Å². The van der Waals surface area contributed by atoms with Gasteiger partial charge in [-0.3, -0.25) is 0 Å². The van der Waals surface area contributed by atoms with E-state index < -0.39 is 0 Å². The molecule has 1 aromatic heterocycles. The predicted molar refractivity (Wildman–Crippen MR) is 86.0 cm³/mol. The number of methoxy groups -OCH3 is 2. The maximum absolute atomic E-state index is 12.6. The molecule has 6 heteroatoms. The fraction of sp³-hybridized carbons (Fsp3) is 0.353. The maximum atomic E-state index is 12.6. The largest absolute Gasteiger partial charge is 0.497 e. The standard InChI is InChI=1S/C17H20N2O4/c1-21-13-9-12(10-14(11-13)22-2)18-17(20)19-7-3-5-15(19)16-6-4-8-23-16/h4,6,8-11,15H,3,5,7H2,1-2H3,(H,18,20)/t15-/m0/s1. The van der Waals surface area contributed by atoms with Gasteiger partial charge in [0.1, 0.15) is 17.3 Å². The molecule has 1 aliphatic rings. The van der Waals surface area contributed by atoms with Gasteiger partial charge < -0.3 is 24.1 Å². The number of hydrogen-bond donors (Lipinski definition) is 1. The lowest BCUT2D eigenvalue weighted by Crippen LogP contribution is -2.34. The van der Waals surface area contributed by atoms with Gasteiger partial charge in [0.25, 0.3) is 0 Å². The molecule has 0 bridgehead atoms. The van der Waals surface area contributed by atoms with Crippen molar-refractivity contribution in [3.8, 4) is 11.5 Å². The van der Waals surface area contributed by atoms with Crippen LogP contribution in [0.1, 0.15) is 24.6 Å². The molecule has 1 atom stereocenters. The van der Waals surface area contributed by atoms with Crippen LogP contribution in [0, 0.1) is 0 Å². The van der Waals surface area contributed by atoms with Gasteiger partial charge >= 0.3 is 6.03 Å². The first-order valence-corrected chi connectivity index (χ1v) is 7.55. The van der Waals surface area contributed by atoms with E-state index in [1.54, 1.807) is 43.6 Å². The van der Waals surface area contributed by atoms with E-state index in [9.17, 15) is 4.79 Å². The number of nitrogens with one attached hydrogen (secondary N) is 1. The van der Waals surface area contributed by atoms with Gasteiger partial charge in [0.05, 0.1) is 26.5 Å². The van der Waals surface area contributed by atoms with E-state index in [1.165, 1.54) is 0 Å². The van der Waals surface area contributed by atoms with E-state index in [0.29, 0.717) is 23.7 Å². The Kier molecular flexibility index (Phi) is 4.41. The zero-order valence-electron chi connectivity index (χ0n) is 13.2. The molecular weight excluding hydrogens is 296 g/mol. The highest BCUT2D eigenvalue weighted by atomic mass is 16.5. The molecule has 23 heavy (non-hydrogen) atoms. The van der Waals surface area contributed by atoms with Gasteiger partial charge in [0.2, 0.25) is 0 Å². The summed E-state index contributed by atoms with van der Waals surface area (Å²) >= 11 is 0. The van der Waals surface area contributed by atoms with Crippen molar-refractivity contribution < 1.29 is 18.7 Å². The first kappa shape index (κ1) is 15.3. The number of amides is 2. The number of benzene rings is 1. The number of urea groups is 1. The van der Waals surface area contributed by atoms with Crippen LogP contribution in [0.3, 0.4) is 0 Å². The number of ether oxygens (including phenoxy) is 2. The molecule has 2 aromatic rings. The molecular formula is C17H20N2O4. The summed E-state index contributed by atoms with van der Waals surface area (Å²) in [7, 11) is 3.15. The third-order valence-electron chi connectivity index (χ3n) is 3.99. The van der Waals surface area contributed by atoms with Crippen LogP contribution < -0.4 is 14.8 Å². The quantitative estimate of drug-likeness (QED) is 0.935. The Hall–Kier alpha value is -2.63. The van der Waals surface area contributed by atoms with Gasteiger partial charge in [-0.2, -0.15) is 0 Å². The molecule has 1 aliphatic heterocycles. The molecule has 0 unspecified atom stereocenters. The normalized spacial score (nSPS) is 17.1. The van der Waals surface area contributed by atoms with Crippen molar-refractivity contribution in [3.05, 3.63) is 42.4 Å². The smallest absolute Gasteiger partial charge is 0.322 e. The Bertz CT molecular complexity index is 647. The monoisotopic (exact) mass is 316 g/mol. The Morgan fingerprint density at radius 3 is 2.61 bits per heavy atom. The third-order valence-corrected chi connectivity index (χ3v) is 3.99. The van der Waals surface area contributed by atoms with Crippen molar-refractivity contribution in [1.82, 2.24) is 4.90 Å². The van der Waals surface area contributed by atoms with Crippen LogP contribution in [0.5, 0.6) is 11.5 Å². The number of carbonyl (C=O) groups is 1. The summed E-state index contributed by atoms with van der Waals surface area (Å²) in [5.41, 5.74) is 0.635. The number of carbonyl (C=O) groups excluding carboxylic acids is 1. The summed E-state index contributed by atoms with van der Waals surface area (Å²) in [6.45, 7) is 0.707. The highest BCUT2D eigenvalue weighted by Gasteiger charge is 2.31. The molecule has 0 spiro atoms. The van der Waals surface area contributed by atoms with Gasteiger partial charge in [-0.1, -0.05) is 0 Å². The van der Waals surface area contributed by atoms with E-state index in [1.807, 2.05) is 12.1 Å². The second kappa shape index (κ2) is 6.64. The van der Waals surface area contributed by atoms with Crippen LogP contribution in [0.15, 0.2) is 41.0 Å². The zero-order chi connectivity index (χ0) is 16.2. The molecule has 1 fully saturated rings. The summed E-state index contributed by atoms with van der Waals surface area (Å²) in [6.07, 6.45) is 3.50. The fourth-order valence-corrected chi connectivity index (χ4v) is 2.86. The minimum Gasteiger partial charge on any atom is -0.497 e. The molecule has 0 aliphatic carbocycles. The molecule has 122 valence electrons. The molecule has 6 nitrogen and oxygen atoms in total. The lowest BCUT2D eigenvalue weighted by Gasteiger charge is -2.23. The van der Waals surface area contributed by atoms with Crippen molar-refractivity contribution in [1.29, 1.82) is 0 Å². The van der Waals surface area contributed by atoms with Gasteiger partial charge in [0.15, 0.2) is 0 Å². The van der Waals surface area contributed by atoms with Gasteiger partial charge in [-0.05, 0) is 25.0 Å². The Morgan fingerprint density at radius 2 is 2.00 bits per heavy atom. The Labute approximate surface area is 135 Å². The summed E-state index contributed by atoms with van der Waals surface area (Å²) < 4.78 is 15.9. The van der Waals surface area contributed by atoms with Crippen LogP contribution in [0.25, 0.3) is 0 Å². The number of furan rings is 1. The highest BCUT2D eigenvalue weighted by Crippen LogP contribution is 2.33. The van der Waals surface area contributed by atoms with Gasteiger partial charge in [0, 0.05) is 30.4 Å². The Balaban J connectivity index is 1.76. The van der Waals surface area contributed by atoms with Crippen molar-refractivity contribution >= 4 is 11.7 Å². The zero-order valence-corrected chi connectivity index (χ0v) is 13.2. The highest BCUT2D eigenvalue weighted by molar-refractivity contribution is 5.90. The SMILES string of the molecule is COc1cc(NC(=O)N2CCC[C@H]2c2ccco2)cc(OC)c1. The maximum Gasteiger partial charge on any atom is 0.322 e. The number of rotatable bonds is 4. The third kappa shape index (κ3) is 3.26. The molecule has 2 amide bonds. The summed E-state index contributed by atoms with van der Waals surface area (Å²) in [4.78, 5) is 14.4. The average molecular weight is 316 g/mol. The van der Waals surface area contributed by atoms with E-state index >= 15 is 0 Å². The van der Waals surface area contributed by atoms with Crippen LogP contribution in [0.2, 0.25) is 0 Å². The van der Waals surface area contributed by atoms with Crippen LogP contribution in [-0.4, -0.2) is 31.7 Å². The van der Waals surface area contributed by atoms with E-state index in [0.717, 1.165) is 18.6 Å². The van der Waals surface area contributed by atoms with Crippen molar-refractivity contribution in [2.45, 2.75) is 18.9 Å². The Morgan fingerprint density at radius 1 is 1.26 bits per heavy atom. The summed E-state index contributed by atoms with van der Waals surface area (Å²) in [5.74, 6) is 2.08. The second-order valence-corrected chi connectivity index (χ2v) is 5.40. The average Bonchev–Trinajstić information content (AvgIpc) is 3.24. The molecule has 1 N–H and O–H groups in total. The van der Waals surface area contributed by atoms with E-state index in [-0.39, 0.29) is 12.1 Å². The van der Waals surface area contributed by atoms with Gasteiger partial charge in [-0.25, -0.2) is 4.79 Å². The number of hydrogen-bond acceptors (Lipinski definition) is 4. The predicted octanol–water partition coefficient (Wildman–Crippen LogP) is 3.67. The summed E-state index contributed by atoms with van der Waals surface area (Å²) in [6, 6.07) is 8.87. The van der Waals surface area contributed by atoms with Crippen LogP contribution >= 0.6 is 0 Å². The molecule has 3 rings (SSSR count). The lowest BCUT2D eigenvalue weighted by atomic mass is 10.2. The number of nitrogens with zero attached hydrogens (tertiary/aromatic N) is 1. The number of anilines is 1. The molecule has 1 aromatic carbocycles. The summed E-state index contributed by atoms with van der Waals surface area (Å²) in [5, 5.41) is 2.91. The fourth-order valence-electron chi connectivity index (χ4n) is 2.86. The molecule has 0 saturated carbocycles. The number of likely N-dealkylation sites (tertiary alicyclic amines) is 1. The molecule has 0 radical (unpaired) electrons. The van der Waals surface area contributed by atoms with Gasteiger partial charge in [-0.15, -0.1) is 0 Å². The van der Waals surface area contributed by atoms with E-state index in [4.69, 9.17) is 13.9 Å². The van der Waals surface area contributed by atoms with Crippen LogP contribution in [0.4, 0.5) is 10.5 Å². The lowest BCUT2D eigenvalue weighted by molar-refractivity contribution is 0.200. The first-order chi connectivity index (χ1) is 11.2. The minimum atomic E-state index is -0.154. The molecule has 1 saturated heterocycles. The van der Waals surface area contributed by atoms with E-state index in [2.05, 4.69) is 5.32 Å². The second-order valence-electron chi connectivity index (χ2n) is 5.40. The minimum absolute atomic E-state index is 0.0162.